The predicted molar refractivity (Wildman–Crippen MR) is 62.8 cm³/mol. The van der Waals surface area contributed by atoms with Crippen LogP contribution in [0.2, 0.25) is 0 Å². The lowest BCUT2D eigenvalue weighted by atomic mass is 9.82. The molecular weight excluding hydrogens is 186 g/mol. The van der Waals surface area contributed by atoms with E-state index in [0.717, 1.165) is 24.8 Å². The summed E-state index contributed by atoms with van der Waals surface area (Å²) in [5.74, 6) is 1.83. The van der Waals surface area contributed by atoms with Crippen LogP contribution in [0, 0.1) is 11.8 Å². The van der Waals surface area contributed by atoms with Crippen LogP contribution in [0.5, 0.6) is 0 Å². The molecule has 1 aliphatic carbocycles. The number of hydrogen-bond acceptors (Lipinski definition) is 2. The average molecular weight is 211 g/mol. The smallest absolute Gasteiger partial charge is 0.0667 e. The molecule has 2 heteroatoms. The maximum atomic E-state index is 9.62. The Bertz CT molecular complexity index is 175. The molecule has 2 rings (SSSR count). The summed E-state index contributed by atoms with van der Waals surface area (Å²) in [5, 5.41) is 9.62. The van der Waals surface area contributed by atoms with Gasteiger partial charge in [-0.2, -0.15) is 0 Å². The molecule has 0 amide bonds. The Morgan fingerprint density at radius 3 is 2.80 bits per heavy atom. The highest BCUT2D eigenvalue weighted by Crippen LogP contribution is 2.29. The average Bonchev–Trinajstić information content (AvgIpc) is 2.17. The van der Waals surface area contributed by atoms with Gasteiger partial charge in [-0.05, 0) is 44.1 Å². The fraction of sp³-hybridized carbons (Fsp3) is 1.00. The molecule has 1 N–H and O–H groups in total. The normalized spacial score (nSPS) is 39.2. The highest BCUT2D eigenvalue weighted by Gasteiger charge is 2.24. The van der Waals surface area contributed by atoms with Gasteiger partial charge in [0, 0.05) is 13.1 Å². The van der Waals surface area contributed by atoms with E-state index >= 15 is 0 Å². The van der Waals surface area contributed by atoms with Crippen LogP contribution in [0.25, 0.3) is 0 Å². The molecule has 2 fully saturated rings. The Morgan fingerprint density at radius 1 is 1.20 bits per heavy atom. The monoisotopic (exact) mass is 211 g/mol. The molecule has 0 aromatic rings. The lowest BCUT2D eigenvalue weighted by molar-refractivity contribution is 0.0556. The molecule has 88 valence electrons. The summed E-state index contributed by atoms with van der Waals surface area (Å²) in [4.78, 5) is 2.48. The second-order valence-electron chi connectivity index (χ2n) is 5.69. The molecule has 0 aromatic heterocycles. The third-order valence-electron chi connectivity index (χ3n) is 4.04. The summed E-state index contributed by atoms with van der Waals surface area (Å²) in [6.07, 6.45) is 7.81. The minimum Gasteiger partial charge on any atom is -0.392 e. The number of hydrogen-bond donors (Lipinski definition) is 1. The second-order valence-corrected chi connectivity index (χ2v) is 5.69. The van der Waals surface area contributed by atoms with Crippen molar-refractivity contribution in [3.05, 3.63) is 0 Å². The second kappa shape index (κ2) is 5.31. The standard InChI is InChI=1S/C13H25NO/c1-11-4-2-5-12(8-11)9-14-7-3-6-13(15)10-14/h11-13,15H,2-10H2,1H3. The highest BCUT2D eigenvalue weighted by atomic mass is 16.3. The molecule has 1 saturated carbocycles. The number of nitrogens with zero attached hydrogens (tertiary/aromatic N) is 1. The van der Waals surface area contributed by atoms with E-state index in [1.165, 1.54) is 45.2 Å². The summed E-state index contributed by atoms with van der Waals surface area (Å²) in [6.45, 7) is 5.76. The quantitative estimate of drug-likeness (QED) is 0.757. The SMILES string of the molecule is CC1CCCC(CN2CCCC(O)C2)C1. The summed E-state index contributed by atoms with van der Waals surface area (Å²) in [6, 6.07) is 0. The van der Waals surface area contributed by atoms with E-state index in [1.807, 2.05) is 0 Å². The van der Waals surface area contributed by atoms with Crippen molar-refractivity contribution in [1.82, 2.24) is 4.90 Å². The molecule has 3 unspecified atom stereocenters. The first-order chi connectivity index (χ1) is 7.24. The number of rotatable bonds is 2. The van der Waals surface area contributed by atoms with Crippen molar-refractivity contribution in [2.24, 2.45) is 11.8 Å². The van der Waals surface area contributed by atoms with Gasteiger partial charge >= 0.3 is 0 Å². The zero-order chi connectivity index (χ0) is 10.7. The van der Waals surface area contributed by atoms with Crippen molar-refractivity contribution >= 4 is 0 Å². The maximum absolute atomic E-state index is 9.62. The van der Waals surface area contributed by atoms with Gasteiger partial charge < -0.3 is 10.0 Å². The molecule has 0 bridgehead atoms. The molecule has 2 aliphatic rings. The number of β-amino-alcohol motifs (C(OH)–C–C–N with tert-alkyl or cyclic N) is 1. The Labute approximate surface area is 93.7 Å². The summed E-state index contributed by atoms with van der Waals surface area (Å²) in [7, 11) is 0. The van der Waals surface area contributed by atoms with Gasteiger partial charge in [-0.25, -0.2) is 0 Å². The van der Waals surface area contributed by atoms with Crippen molar-refractivity contribution in [3.63, 3.8) is 0 Å². The third-order valence-corrected chi connectivity index (χ3v) is 4.04. The molecule has 1 saturated heterocycles. The molecule has 1 heterocycles. The summed E-state index contributed by atoms with van der Waals surface area (Å²) < 4.78 is 0. The lowest BCUT2D eigenvalue weighted by Gasteiger charge is -2.35. The Balaban J connectivity index is 1.75. The number of aliphatic hydroxyl groups excluding tert-OH is 1. The summed E-state index contributed by atoms with van der Waals surface area (Å²) >= 11 is 0. The molecule has 0 spiro atoms. The van der Waals surface area contributed by atoms with E-state index < -0.39 is 0 Å². The van der Waals surface area contributed by atoms with Gasteiger partial charge in [0.05, 0.1) is 6.10 Å². The molecule has 0 radical (unpaired) electrons. The minimum atomic E-state index is -0.0558. The largest absolute Gasteiger partial charge is 0.392 e. The Morgan fingerprint density at radius 2 is 2.07 bits per heavy atom. The van der Waals surface area contributed by atoms with Crippen molar-refractivity contribution in [2.45, 2.75) is 51.6 Å². The van der Waals surface area contributed by atoms with Crippen molar-refractivity contribution in [2.75, 3.05) is 19.6 Å². The highest BCUT2D eigenvalue weighted by molar-refractivity contribution is 4.77. The van der Waals surface area contributed by atoms with E-state index in [0.29, 0.717) is 0 Å². The fourth-order valence-corrected chi connectivity index (χ4v) is 3.29. The zero-order valence-corrected chi connectivity index (χ0v) is 9.99. The van der Waals surface area contributed by atoms with Gasteiger partial charge in [0.15, 0.2) is 0 Å². The van der Waals surface area contributed by atoms with Crippen molar-refractivity contribution < 1.29 is 5.11 Å². The third kappa shape index (κ3) is 3.46. The first-order valence-electron chi connectivity index (χ1n) is 6.64. The fourth-order valence-electron chi connectivity index (χ4n) is 3.29. The van der Waals surface area contributed by atoms with Crippen LogP contribution in [0.4, 0.5) is 0 Å². The van der Waals surface area contributed by atoms with E-state index in [-0.39, 0.29) is 6.10 Å². The Kier molecular flexibility index (Phi) is 4.04. The van der Waals surface area contributed by atoms with Gasteiger partial charge in [0.25, 0.3) is 0 Å². The topological polar surface area (TPSA) is 23.5 Å². The van der Waals surface area contributed by atoms with Gasteiger partial charge in [-0.15, -0.1) is 0 Å². The summed E-state index contributed by atoms with van der Waals surface area (Å²) in [5.41, 5.74) is 0. The lowest BCUT2D eigenvalue weighted by Crippen LogP contribution is -2.41. The van der Waals surface area contributed by atoms with Gasteiger partial charge in [0.2, 0.25) is 0 Å². The molecule has 0 aromatic carbocycles. The van der Waals surface area contributed by atoms with E-state index in [4.69, 9.17) is 0 Å². The molecule has 15 heavy (non-hydrogen) atoms. The minimum absolute atomic E-state index is 0.0558. The first kappa shape index (κ1) is 11.4. The number of likely N-dealkylation sites (tertiary alicyclic amines) is 1. The van der Waals surface area contributed by atoms with Gasteiger partial charge in [0.1, 0.15) is 0 Å². The van der Waals surface area contributed by atoms with E-state index in [9.17, 15) is 5.11 Å². The van der Waals surface area contributed by atoms with Gasteiger partial charge in [-0.1, -0.05) is 19.8 Å². The zero-order valence-electron chi connectivity index (χ0n) is 9.99. The molecular formula is C13H25NO. The maximum Gasteiger partial charge on any atom is 0.0667 e. The van der Waals surface area contributed by atoms with Gasteiger partial charge in [-0.3, -0.25) is 0 Å². The van der Waals surface area contributed by atoms with Crippen LogP contribution in [0.15, 0.2) is 0 Å². The van der Waals surface area contributed by atoms with E-state index in [1.54, 1.807) is 0 Å². The van der Waals surface area contributed by atoms with Crippen molar-refractivity contribution in [3.8, 4) is 0 Å². The molecule has 2 nitrogen and oxygen atoms in total. The number of aliphatic hydroxyl groups is 1. The van der Waals surface area contributed by atoms with Crippen LogP contribution in [0.1, 0.15) is 45.4 Å². The molecule has 1 aliphatic heterocycles. The van der Waals surface area contributed by atoms with Crippen LogP contribution in [-0.2, 0) is 0 Å². The number of piperidine rings is 1. The van der Waals surface area contributed by atoms with Crippen LogP contribution >= 0.6 is 0 Å². The van der Waals surface area contributed by atoms with Crippen LogP contribution < -0.4 is 0 Å². The first-order valence-corrected chi connectivity index (χ1v) is 6.64. The van der Waals surface area contributed by atoms with Crippen LogP contribution in [0.3, 0.4) is 0 Å². The Hall–Kier alpha value is -0.0800. The predicted octanol–water partition coefficient (Wildman–Crippen LogP) is 2.27. The molecule has 3 atom stereocenters. The van der Waals surface area contributed by atoms with Crippen molar-refractivity contribution in [1.29, 1.82) is 0 Å². The van der Waals surface area contributed by atoms with Crippen LogP contribution in [-0.4, -0.2) is 35.7 Å². The van der Waals surface area contributed by atoms with E-state index in [2.05, 4.69) is 11.8 Å².